The van der Waals surface area contributed by atoms with E-state index in [4.69, 9.17) is 4.74 Å². The molecule has 1 aromatic rings. The third kappa shape index (κ3) is 2.67. The van der Waals surface area contributed by atoms with Gasteiger partial charge in [-0.1, -0.05) is 12.1 Å². The monoisotopic (exact) mass is 220 g/mol. The van der Waals surface area contributed by atoms with Crippen LogP contribution in [0.3, 0.4) is 0 Å². The summed E-state index contributed by atoms with van der Waals surface area (Å²) in [7, 11) is 1.74. The standard InChI is InChI=1S/C13H20N2O/c1-16-13-7-3-2-6-12(13)15-10-4-8-14-9-5-11-15/h2-3,6-7,14H,4-5,8-11H2,1H3. The van der Waals surface area contributed by atoms with Crippen LogP contribution >= 0.6 is 0 Å². The van der Waals surface area contributed by atoms with Gasteiger partial charge in [-0.05, 0) is 38.1 Å². The molecule has 0 bridgehead atoms. The van der Waals surface area contributed by atoms with Crippen LogP contribution in [0.1, 0.15) is 12.8 Å². The lowest BCUT2D eigenvalue weighted by molar-refractivity contribution is 0.413. The van der Waals surface area contributed by atoms with E-state index in [2.05, 4.69) is 22.3 Å². The molecular weight excluding hydrogens is 200 g/mol. The molecule has 0 aromatic heterocycles. The van der Waals surface area contributed by atoms with Crippen molar-refractivity contribution in [3.63, 3.8) is 0 Å². The molecule has 0 amide bonds. The van der Waals surface area contributed by atoms with E-state index in [1.165, 1.54) is 18.5 Å². The van der Waals surface area contributed by atoms with Crippen LogP contribution in [-0.2, 0) is 0 Å². The third-order valence-electron chi connectivity index (χ3n) is 2.99. The summed E-state index contributed by atoms with van der Waals surface area (Å²) in [6.45, 7) is 4.44. The molecule has 0 atom stereocenters. The molecule has 0 saturated carbocycles. The number of benzene rings is 1. The van der Waals surface area contributed by atoms with Gasteiger partial charge in [-0.3, -0.25) is 0 Å². The fourth-order valence-corrected chi connectivity index (χ4v) is 2.16. The summed E-state index contributed by atoms with van der Waals surface area (Å²) in [5.74, 6) is 0.982. The van der Waals surface area contributed by atoms with Gasteiger partial charge in [0.15, 0.2) is 0 Å². The Morgan fingerprint density at radius 1 is 1.12 bits per heavy atom. The van der Waals surface area contributed by atoms with Gasteiger partial charge in [-0.25, -0.2) is 0 Å². The van der Waals surface area contributed by atoms with Crippen molar-refractivity contribution >= 4 is 5.69 Å². The molecule has 16 heavy (non-hydrogen) atoms. The van der Waals surface area contributed by atoms with E-state index in [0.717, 1.165) is 31.9 Å². The molecule has 0 spiro atoms. The van der Waals surface area contributed by atoms with E-state index in [0.29, 0.717) is 0 Å². The normalized spacial score (nSPS) is 17.7. The lowest BCUT2D eigenvalue weighted by Crippen LogP contribution is -2.34. The lowest BCUT2D eigenvalue weighted by Gasteiger charge is -2.28. The molecule has 3 heteroatoms. The number of hydrogen-bond acceptors (Lipinski definition) is 3. The second-order valence-corrected chi connectivity index (χ2v) is 4.12. The largest absolute Gasteiger partial charge is 0.495 e. The highest BCUT2D eigenvalue weighted by atomic mass is 16.5. The summed E-state index contributed by atoms with van der Waals surface area (Å²) < 4.78 is 5.41. The minimum absolute atomic E-state index is 0.982. The molecule has 1 aliphatic heterocycles. The van der Waals surface area contributed by atoms with Gasteiger partial charge in [0.2, 0.25) is 0 Å². The highest BCUT2D eigenvalue weighted by Crippen LogP contribution is 2.27. The first-order chi connectivity index (χ1) is 7.92. The topological polar surface area (TPSA) is 24.5 Å². The summed E-state index contributed by atoms with van der Waals surface area (Å²) in [5, 5.41) is 3.43. The Balaban J connectivity index is 2.13. The first-order valence-corrected chi connectivity index (χ1v) is 6.00. The number of rotatable bonds is 2. The van der Waals surface area contributed by atoms with Crippen molar-refractivity contribution < 1.29 is 4.74 Å². The molecule has 2 rings (SSSR count). The van der Waals surface area contributed by atoms with E-state index in [1.807, 2.05) is 12.1 Å². The summed E-state index contributed by atoms with van der Waals surface area (Å²) in [5.41, 5.74) is 1.23. The molecule has 1 N–H and O–H groups in total. The van der Waals surface area contributed by atoms with Crippen molar-refractivity contribution in [1.29, 1.82) is 0 Å². The van der Waals surface area contributed by atoms with Crippen molar-refractivity contribution in [2.45, 2.75) is 12.8 Å². The van der Waals surface area contributed by atoms with E-state index in [1.54, 1.807) is 7.11 Å². The molecule has 0 aliphatic carbocycles. The van der Waals surface area contributed by atoms with Crippen LogP contribution in [0.4, 0.5) is 5.69 Å². The Kier molecular flexibility index (Phi) is 4.05. The molecule has 1 aliphatic rings. The molecule has 88 valence electrons. The highest BCUT2D eigenvalue weighted by molar-refractivity contribution is 5.58. The predicted molar refractivity (Wildman–Crippen MR) is 67.3 cm³/mol. The first kappa shape index (κ1) is 11.3. The smallest absolute Gasteiger partial charge is 0.142 e. The van der Waals surface area contributed by atoms with Crippen LogP contribution in [0.2, 0.25) is 0 Å². The minimum Gasteiger partial charge on any atom is -0.495 e. The minimum atomic E-state index is 0.982. The summed E-state index contributed by atoms with van der Waals surface area (Å²) in [6, 6.07) is 8.28. The number of ether oxygens (including phenoxy) is 1. The van der Waals surface area contributed by atoms with Gasteiger partial charge in [-0.2, -0.15) is 0 Å². The fraction of sp³-hybridized carbons (Fsp3) is 0.538. The van der Waals surface area contributed by atoms with Gasteiger partial charge in [0.25, 0.3) is 0 Å². The van der Waals surface area contributed by atoms with Gasteiger partial charge in [0.05, 0.1) is 12.8 Å². The van der Waals surface area contributed by atoms with E-state index >= 15 is 0 Å². The zero-order valence-electron chi connectivity index (χ0n) is 9.91. The number of anilines is 1. The van der Waals surface area contributed by atoms with Crippen molar-refractivity contribution in [3.05, 3.63) is 24.3 Å². The van der Waals surface area contributed by atoms with E-state index in [9.17, 15) is 0 Å². The van der Waals surface area contributed by atoms with Crippen LogP contribution in [0, 0.1) is 0 Å². The van der Waals surface area contributed by atoms with Gasteiger partial charge < -0.3 is 15.0 Å². The zero-order valence-corrected chi connectivity index (χ0v) is 9.91. The second kappa shape index (κ2) is 5.75. The molecule has 1 saturated heterocycles. The molecule has 1 aromatic carbocycles. The van der Waals surface area contributed by atoms with Gasteiger partial charge >= 0.3 is 0 Å². The van der Waals surface area contributed by atoms with Crippen molar-refractivity contribution in [2.24, 2.45) is 0 Å². The Labute approximate surface area is 97.4 Å². The first-order valence-electron chi connectivity index (χ1n) is 6.00. The Morgan fingerprint density at radius 2 is 1.81 bits per heavy atom. The van der Waals surface area contributed by atoms with Gasteiger partial charge in [-0.15, -0.1) is 0 Å². The van der Waals surface area contributed by atoms with Crippen LogP contribution in [0.5, 0.6) is 5.75 Å². The molecule has 1 fully saturated rings. The van der Waals surface area contributed by atoms with Crippen LogP contribution in [0.25, 0.3) is 0 Å². The molecule has 1 heterocycles. The predicted octanol–water partition coefficient (Wildman–Crippen LogP) is 1.88. The fourth-order valence-electron chi connectivity index (χ4n) is 2.16. The summed E-state index contributed by atoms with van der Waals surface area (Å²) in [4.78, 5) is 2.43. The quantitative estimate of drug-likeness (QED) is 0.823. The van der Waals surface area contributed by atoms with Crippen LogP contribution < -0.4 is 15.0 Å². The maximum absolute atomic E-state index is 5.41. The molecule has 0 radical (unpaired) electrons. The molecule has 0 unspecified atom stereocenters. The number of para-hydroxylation sites is 2. The van der Waals surface area contributed by atoms with Crippen LogP contribution in [-0.4, -0.2) is 33.3 Å². The highest BCUT2D eigenvalue weighted by Gasteiger charge is 2.12. The lowest BCUT2D eigenvalue weighted by atomic mass is 10.2. The second-order valence-electron chi connectivity index (χ2n) is 4.12. The van der Waals surface area contributed by atoms with Crippen molar-refractivity contribution in [2.75, 3.05) is 38.2 Å². The van der Waals surface area contributed by atoms with Crippen molar-refractivity contribution in [3.8, 4) is 5.75 Å². The SMILES string of the molecule is COc1ccccc1N1CCCNCCC1. The zero-order chi connectivity index (χ0) is 11.2. The number of nitrogens with one attached hydrogen (secondary N) is 1. The van der Waals surface area contributed by atoms with Crippen LogP contribution in [0.15, 0.2) is 24.3 Å². The number of hydrogen-bond donors (Lipinski definition) is 1. The van der Waals surface area contributed by atoms with E-state index in [-0.39, 0.29) is 0 Å². The number of nitrogens with zero attached hydrogens (tertiary/aromatic N) is 1. The average molecular weight is 220 g/mol. The number of methoxy groups -OCH3 is 1. The Morgan fingerprint density at radius 3 is 2.50 bits per heavy atom. The summed E-state index contributed by atoms with van der Waals surface area (Å²) >= 11 is 0. The maximum Gasteiger partial charge on any atom is 0.142 e. The maximum atomic E-state index is 5.41. The van der Waals surface area contributed by atoms with Crippen molar-refractivity contribution in [1.82, 2.24) is 5.32 Å². The molecular formula is C13H20N2O. The Hall–Kier alpha value is -1.22. The van der Waals surface area contributed by atoms with E-state index < -0.39 is 0 Å². The van der Waals surface area contributed by atoms with Gasteiger partial charge in [0, 0.05) is 13.1 Å². The average Bonchev–Trinajstić information content (AvgIpc) is 2.29. The van der Waals surface area contributed by atoms with Gasteiger partial charge in [0.1, 0.15) is 5.75 Å². The summed E-state index contributed by atoms with van der Waals surface area (Å²) in [6.07, 6.45) is 2.39. The third-order valence-corrected chi connectivity index (χ3v) is 2.99. The molecule has 3 nitrogen and oxygen atoms in total. The Bertz CT molecular complexity index is 319.